The lowest BCUT2D eigenvalue weighted by atomic mass is 10.0. The Morgan fingerprint density at radius 2 is 2.00 bits per heavy atom. The van der Waals surface area contributed by atoms with Gasteiger partial charge in [-0.3, -0.25) is 29.4 Å². The Kier molecular flexibility index (Phi) is 4.85. The molecule has 0 saturated carbocycles. The molecule has 2 N–H and O–H groups in total. The Hall–Kier alpha value is -3.39. The molecule has 2 aliphatic rings. The minimum Gasteiger partial charge on any atom is -0.385 e. The zero-order chi connectivity index (χ0) is 18.7. The molecule has 2 heterocycles. The van der Waals surface area contributed by atoms with E-state index in [4.69, 9.17) is 5.53 Å². The first-order chi connectivity index (χ1) is 12.5. The number of fused-ring (bicyclic) bond motifs is 1. The topological polar surface area (TPSA) is 144 Å². The van der Waals surface area contributed by atoms with E-state index < -0.39 is 29.7 Å². The first-order valence-corrected chi connectivity index (χ1v) is 8.13. The molecule has 0 aromatic heterocycles. The average molecular weight is 356 g/mol. The van der Waals surface area contributed by atoms with Crippen molar-refractivity contribution in [2.75, 3.05) is 18.4 Å². The molecule has 3 rings (SSSR count). The zero-order valence-corrected chi connectivity index (χ0v) is 13.8. The molecule has 1 unspecified atom stereocenters. The minimum atomic E-state index is -0.972. The van der Waals surface area contributed by atoms with Gasteiger partial charge in [-0.1, -0.05) is 5.11 Å². The van der Waals surface area contributed by atoms with Gasteiger partial charge in [-0.15, -0.1) is 0 Å². The second-order valence-corrected chi connectivity index (χ2v) is 5.94. The Morgan fingerprint density at radius 1 is 1.23 bits per heavy atom. The van der Waals surface area contributed by atoms with E-state index in [1.807, 2.05) is 0 Å². The molecule has 10 nitrogen and oxygen atoms in total. The van der Waals surface area contributed by atoms with Crippen molar-refractivity contribution in [2.45, 2.75) is 25.3 Å². The van der Waals surface area contributed by atoms with Crippen molar-refractivity contribution in [3.05, 3.63) is 39.8 Å². The van der Waals surface area contributed by atoms with Crippen molar-refractivity contribution in [3.63, 3.8) is 0 Å². The molecule has 1 aromatic rings. The molecule has 10 heteroatoms. The van der Waals surface area contributed by atoms with E-state index in [9.17, 15) is 19.2 Å². The summed E-state index contributed by atoms with van der Waals surface area (Å²) in [6.45, 7) is 0.895. The number of anilines is 1. The van der Waals surface area contributed by atoms with E-state index in [0.717, 1.165) is 4.90 Å². The van der Waals surface area contributed by atoms with Crippen molar-refractivity contribution in [1.29, 1.82) is 0 Å². The monoisotopic (exact) mass is 356 g/mol. The van der Waals surface area contributed by atoms with Crippen LogP contribution in [0, 0.1) is 0 Å². The number of carbonyl (C=O) groups is 4. The largest absolute Gasteiger partial charge is 0.385 e. The number of nitrogens with zero attached hydrogens (tertiary/aromatic N) is 4. The summed E-state index contributed by atoms with van der Waals surface area (Å²) < 4.78 is 0. The second kappa shape index (κ2) is 7.24. The highest BCUT2D eigenvalue weighted by molar-refractivity contribution is 6.23. The molecule has 0 aliphatic carbocycles. The Bertz CT molecular complexity index is 845. The van der Waals surface area contributed by atoms with Crippen molar-refractivity contribution < 1.29 is 19.2 Å². The molecule has 0 spiro atoms. The first-order valence-electron chi connectivity index (χ1n) is 8.13. The fraction of sp³-hybridized carbons (Fsp3) is 0.375. The summed E-state index contributed by atoms with van der Waals surface area (Å²) in [4.78, 5) is 52.1. The van der Waals surface area contributed by atoms with E-state index in [1.54, 1.807) is 12.1 Å². The van der Waals surface area contributed by atoms with Crippen LogP contribution < -0.4 is 10.6 Å². The lowest BCUT2D eigenvalue weighted by Crippen LogP contribution is -2.54. The maximum Gasteiger partial charge on any atom is 0.262 e. The first kappa shape index (κ1) is 17.4. The molecule has 1 fully saturated rings. The number of nitrogens with one attached hydrogen (secondary N) is 2. The highest BCUT2D eigenvalue weighted by atomic mass is 16.2. The van der Waals surface area contributed by atoms with Crippen LogP contribution in [0.2, 0.25) is 0 Å². The summed E-state index contributed by atoms with van der Waals surface area (Å²) in [6, 6.07) is 3.80. The number of azide groups is 1. The molecule has 1 aromatic carbocycles. The lowest BCUT2D eigenvalue weighted by Gasteiger charge is -2.27. The summed E-state index contributed by atoms with van der Waals surface area (Å²) >= 11 is 0. The molecule has 134 valence electrons. The van der Waals surface area contributed by atoms with Crippen molar-refractivity contribution in [1.82, 2.24) is 10.2 Å². The van der Waals surface area contributed by atoms with E-state index in [2.05, 4.69) is 20.7 Å². The Labute approximate surface area is 148 Å². The Balaban J connectivity index is 1.74. The van der Waals surface area contributed by atoms with Gasteiger partial charge in [0.1, 0.15) is 6.04 Å². The predicted octanol–water partition coefficient (Wildman–Crippen LogP) is 1.20. The zero-order valence-electron chi connectivity index (χ0n) is 13.8. The predicted molar refractivity (Wildman–Crippen MR) is 90.2 cm³/mol. The van der Waals surface area contributed by atoms with Crippen LogP contribution in [-0.4, -0.2) is 47.7 Å². The van der Waals surface area contributed by atoms with Gasteiger partial charge in [-0.25, -0.2) is 0 Å². The van der Waals surface area contributed by atoms with Gasteiger partial charge in [0.05, 0.1) is 11.1 Å². The van der Waals surface area contributed by atoms with Crippen LogP contribution in [0.3, 0.4) is 0 Å². The average Bonchev–Trinajstić information content (AvgIpc) is 2.86. The van der Waals surface area contributed by atoms with Gasteiger partial charge >= 0.3 is 0 Å². The highest BCUT2D eigenvalue weighted by Crippen LogP contribution is 2.29. The van der Waals surface area contributed by atoms with Crippen LogP contribution in [0.4, 0.5) is 5.69 Å². The number of imide groups is 2. The van der Waals surface area contributed by atoms with Crippen molar-refractivity contribution >= 4 is 29.3 Å². The number of benzene rings is 1. The van der Waals surface area contributed by atoms with Crippen LogP contribution in [-0.2, 0) is 9.59 Å². The third kappa shape index (κ3) is 3.22. The van der Waals surface area contributed by atoms with Gasteiger partial charge < -0.3 is 5.32 Å². The molecular formula is C16H16N6O4. The van der Waals surface area contributed by atoms with Crippen LogP contribution in [0.5, 0.6) is 0 Å². The quantitative estimate of drug-likeness (QED) is 0.259. The summed E-state index contributed by atoms with van der Waals surface area (Å²) in [5, 5.41) is 8.68. The highest BCUT2D eigenvalue weighted by Gasteiger charge is 2.44. The third-order valence-electron chi connectivity index (χ3n) is 4.27. The SMILES string of the molecule is [N-]=[N+]=NCCCNc1ccc2c(c1)C(=O)N(C1CCC(=O)NC1=O)C2=O. The minimum absolute atomic E-state index is 0.0851. The second-order valence-electron chi connectivity index (χ2n) is 5.94. The van der Waals surface area contributed by atoms with E-state index in [1.165, 1.54) is 6.07 Å². The fourth-order valence-electron chi connectivity index (χ4n) is 3.01. The molecule has 1 atom stereocenters. The van der Waals surface area contributed by atoms with Gasteiger partial charge in [-0.2, -0.15) is 0 Å². The molecule has 2 aliphatic heterocycles. The van der Waals surface area contributed by atoms with Crippen molar-refractivity contribution in [2.24, 2.45) is 5.11 Å². The van der Waals surface area contributed by atoms with Crippen LogP contribution in [0.1, 0.15) is 40.0 Å². The molecular weight excluding hydrogens is 340 g/mol. The van der Waals surface area contributed by atoms with Crippen LogP contribution in [0.15, 0.2) is 23.3 Å². The number of amides is 4. The van der Waals surface area contributed by atoms with Gasteiger partial charge in [0.2, 0.25) is 11.8 Å². The van der Waals surface area contributed by atoms with E-state index in [-0.39, 0.29) is 24.0 Å². The fourth-order valence-corrected chi connectivity index (χ4v) is 3.01. The van der Waals surface area contributed by atoms with Crippen molar-refractivity contribution in [3.8, 4) is 0 Å². The lowest BCUT2D eigenvalue weighted by molar-refractivity contribution is -0.136. The smallest absolute Gasteiger partial charge is 0.262 e. The maximum atomic E-state index is 12.7. The molecule has 1 saturated heterocycles. The third-order valence-corrected chi connectivity index (χ3v) is 4.27. The summed E-state index contributed by atoms with van der Waals surface area (Å²) in [5.74, 6) is -2.12. The van der Waals surface area contributed by atoms with E-state index in [0.29, 0.717) is 25.2 Å². The van der Waals surface area contributed by atoms with Gasteiger partial charge in [-0.05, 0) is 36.6 Å². The number of hydrogen-bond acceptors (Lipinski definition) is 6. The molecule has 26 heavy (non-hydrogen) atoms. The summed E-state index contributed by atoms with van der Waals surface area (Å²) in [7, 11) is 0. The van der Waals surface area contributed by atoms with Gasteiger partial charge in [0, 0.05) is 30.1 Å². The normalized spacial score (nSPS) is 19.1. The van der Waals surface area contributed by atoms with Crippen LogP contribution >= 0.6 is 0 Å². The number of rotatable bonds is 6. The number of hydrogen-bond donors (Lipinski definition) is 2. The molecule has 0 radical (unpaired) electrons. The number of carbonyl (C=O) groups excluding carboxylic acids is 4. The summed E-state index contributed by atoms with van der Waals surface area (Å²) in [5.41, 5.74) is 9.33. The summed E-state index contributed by atoms with van der Waals surface area (Å²) in [6.07, 6.45) is 0.832. The maximum absolute atomic E-state index is 12.7. The van der Waals surface area contributed by atoms with Crippen LogP contribution in [0.25, 0.3) is 10.4 Å². The Morgan fingerprint density at radius 3 is 2.73 bits per heavy atom. The van der Waals surface area contributed by atoms with Gasteiger partial charge in [0.15, 0.2) is 0 Å². The van der Waals surface area contributed by atoms with Gasteiger partial charge in [0.25, 0.3) is 11.8 Å². The molecule has 4 amide bonds. The molecule has 0 bridgehead atoms. The number of piperidine rings is 1. The van der Waals surface area contributed by atoms with E-state index >= 15 is 0 Å². The standard InChI is InChI=1S/C16H16N6O4/c17-21-19-7-1-6-18-9-2-3-10-11(8-9)16(26)22(15(10)25)12-4-5-13(23)20-14(12)24/h2-3,8,12,18H,1,4-7H2,(H,20,23,24).